The first-order valence-corrected chi connectivity index (χ1v) is 6.88. The van der Waals surface area contributed by atoms with Gasteiger partial charge in [0.05, 0.1) is 11.3 Å². The first-order valence-electron chi connectivity index (χ1n) is 6.08. The van der Waals surface area contributed by atoms with Crippen LogP contribution in [0.15, 0.2) is 22.7 Å². The molecule has 0 aromatic heterocycles. The monoisotopic (exact) mass is 292 g/mol. The lowest BCUT2D eigenvalue weighted by molar-refractivity contribution is 0.390. The van der Waals surface area contributed by atoms with Crippen molar-refractivity contribution in [3.8, 4) is 6.07 Å². The number of rotatable bonds is 1. The Balaban J connectivity index is 2.39. The molecule has 0 bridgehead atoms. The molecule has 2 nitrogen and oxygen atoms in total. The van der Waals surface area contributed by atoms with E-state index < -0.39 is 0 Å². The maximum Gasteiger partial charge on any atom is 0.103 e. The molecule has 0 aliphatic carbocycles. The van der Waals surface area contributed by atoms with Crippen LogP contribution in [-0.4, -0.2) is 12.6 Å². The van der Waals surface area contributed by atoms with E-state index in [0.717, 1.165) is 22.3 Å². The van der Waals surface area contributed by atoms with Crippen molar-refractivity contribution < 1.29 is 0 Å². The molecule has 3 heteroatoms. The maximum absolute atomic E-state index is 9.28. The average molecular weight is 293 g/mol. The summed E-state index contributed by atoms with van der Waals surface area (Å²) in [5.41, 5.74) is 1.83. The first kappa shape index (κ1) is 12.4. The second-order valence-corrected chi connectivity index (χ2v) is 5.78. The van der Waals surface area contributed by atoms with Gasteiger partial charge in [0.1, 0.15) is 6.07 Å². The summed E-state index contributed by atoms with van der Waals surface area (Å²) < 4.78 is 0.892. The van der Waals surface area contributed by atoms with E-state index in [4.69, 9.17) is 0 Å². The van der Waals surface area contributed by atoms with Crippen molar-refractivity contribution >= 4 is 21.6 Å². The van der Waals surface area contributed by atoms with Gasteiger partial charge in [-0.05, 0) is 53.7 Å². The topological polar surface area (TPSA) is 27.0 Å². The van der Waals surface area contributed by atoms with E-state index in [2.05, 4.69) is 46.8 Å². The lowest BCUT2D eigenvalue weighted by Gasteiger charge is -2.39. The SMILES string of the molecule is CC1CCC(C)N(c2cccc(Br)c2C#N)C1. The molecule has 0 saturated carbocycles. The van der Waals surface area contributed by atoms with Crippen LogP contribution in [0.2, 0.25) is 0 Å². The highest BCUT2D eigenvalue weighted by molar-refractivity contribution is 9.10. The third-order valence-electron chi connectivity index (χ3n) is 3.53. The van der Waals surface area contributed by atoms with Crippen LogP contribution in [0.25, 0.3) is 0 Å². The zero-order valence-corrected chi connectivity index (χ0v) is 11.9. The summed E-state index contributed by atoms with van der Waals surface area (Å²) in [6.45, 7) is 5.57. The second kappa shape index (κ2) is 5.10. The minimum absolute atomic E-state index is 0.521. The molecule has 17 heavy (non-hydrogen) atoms. The summed E-state index contributed by atoms with van der Waals surface area (Å²) in [5, 5.41) is 9.28. The molecule has 2 unspecified atom stereocenters. The number of piperidine rings is 1. The number of halogens is 1. The predicted octanol–water partition coefficient (Wildman–Crippen LogP) is 3.95. The van der Waals surface area contributed by atoms with Crippen LogP contribution in [0.3, 0.4) is 0 Å². The van der Waals surface area contributed by atoms with Crippen LogP contribution in [0, 0.1) is 17.2 Å². The molecular formula is C14H17BrN2. The normalized spacial score (nSPS) is 24.5. The summed E-state index contributed by atoms with van der Waals surface area (Å²) in [4.78, 5) is 2.37. The highest BCUT2D eigenvalue weighted by Gasteiger charge is 2.25. The highest BCUT2D eigenvalue weighted by Crippen LogP contribution is 2.32. The number of hydrogen-bond acceptors (Lipinski definition) is 2. The van der Waals surface area contributed by atoms with Crippen molar-refractivity contribution in [3.63, 3.8) is 0 Å². The van der Waals surface area contributed by atoms with Gasteiger partial charge in [-0.2, -0.15) is 5.26 Å². The lowest BCUT2D eigenvalue weighted by atomic mass is 9.94. The van der Waals surface area contributed by atoms with E-state index in [1.807, 2.05) is 12.1 Å². The Hall–Kier alpha value is -1.01. The fourth-order valence-electron chi connectivity index (χ4n) is 2.49. The summed E-state index contributed by atoms with van der Waals surface area (Å²) in [6.07, 6.45) is 2.49. The Morgan fingerprint density at radius 1 is 1.35 bits per heavy atom. The van der Waals surface area contributed by atoms with Gasteiger partial charge >= 0.3 is 0 Å². The lowest BCUT2D eigenvalue weighted by Crippen LogP contribution is -2.41. The third-order valence-corrected chi connectivity index (χ3v) is 4.19. The molecule has 1 aromatic carbocycles. The molecule has 1 aliphatic heterocycles. The Morgan fingerprint density at radius 3 is 2.82 bits per heavy atom. The minimum atomic E-state index is 0.521. The van der Waals surface area contributed by atoms with Gasteiger partial charge in [0.15, 0.2) is 0 Å². The zero-order valence-electron chi connectivity index (χ0n) is 10.3. The average Bonchev–Trinajstić information content (AvgIpc) is 2.32. The van der Waals surface area contributed by atoms with Gasteiger partial charge in [-0.3, -0.25) is 0 Å². The summed E-state index contributed by atoms with van der Waals surface area (Å²) >= 11 is 3.46. The standard InChI is InChI=1S/C14H17BrN2/c1-10-6-7-11(2)17(9-10)14-5-3-4-13(15)12(14)8-16/h3-5,10-11H,6-7,9H2,1-2H3. The van der Waals surface area contributed by atoms with Crippen LogP contribution >= 0.6 is 15.9 Å². The Labute approximate surface area is 111 Å². The van der Waals surface area contributed by atoms with Gasteiger partial charge in [0, 0.05) is 17.1 Å². The Kier molecular flexibility index (Phi) is 3.73. The number of nitriles is 1. The largest absolute Gasteiger partial charge is 0.367 e. The van der Waals surface area contributed by atoms with E-state index in [0.29, 0.717) is 12.0 Å². The fourth-order valence-corrected chi connectivity index (χ4v) is 2.93. The maximum atomic E-state index is 9.28. The molecule has 90 valence electrons. The molecular weight excluding hydrogens is 276 g/mol. The molecule has 0 spiro atoms. The zero-order chi connectivity index (χ0) is 12.4. The second-order valence-electron chi connectivity index (χ2n) is 4.93. The molecule has 2 atom stereocenters. The molecule has 1 fully saturated rings. The number of anilines is 1. The minimum Gasteiger partial charge on any atom is -0.367 e. The van der Waals surface area contributed by atoms with Crippen molar-refractivity contribution in [3.05, 3.63) is 28.2 Å². The van der Waals surface area contributed by atoms with Gasteiger partial charge in [0.2, 0.25) is 0 Å². The van der Waals surface area contributed by atoms with Crippen molar-refractivity contribution in [1.29, 1.82) is 5.26 Å². The molecule has 1 aliphatic rings. The van der Waals surface area contributed by atoms with E-state index in [-0.39, 0.29) is 0 Å². The molecule has 1 saturated heterocycles. The van der Waals surface area contributed by atoms with Gasteiger partial charge < -0.3 is 4.90 Å². The molecule has 2 rings (SSSR count). The van der Waals surface area contributed by atoms with Crippen molar-refractivity contribution in [2.24, 2.45) is 5.92 Å². The molecule has 0 radical (unpaired) electrons. The van der Waals surface area contributed by atoms with Crippen LogP contribution in [0.5, 0.6) is 0 Å². The first-order chi connectivity index (χ1) is 8.13. The third kappa shape index (κ3) is 2.47. The number of hydrogen-bond donors (Lipinski definition) is 0. The molecule has 0 amide bonds. The van der Waals surface area contributed by atoms with E-state index >= 15 is 0 Å². The van der Waals surface area contributed by atoms with Gasteiger partial charge in [0.25, 0.3) is 0 Å². The van der Waals surface area contributed by atoms with E-state index in [9.17, 15) is 5.26 Å². The summed E-state index contributed by atoms with van der Waals surface area (Å²) in [7, 11) is 0. The highest BCUT2D eigenvalue weighted by atomic mass is 79.9. The van der Waals surface area contributed by atoms with Gasteiger partial charge in [-0.1, -0.05) is 13.0 Å². The molecule has 1 aromatic rings. The quantitative estimate of drug-likeness (QED) is 0.784. The van der Waals surface area contributed by atoms with Crippen LogP contribution in [-0.2, 0) is 0 Å². The number of benzene rings is 1. The summed E-state index contributed by atoms with van der Waals surface area (Å²) in [5.74, 6) is 0.705. The van der Waals surface area contributed by atoms with Crippen molar-refractivity contribution in [2.45, 2.75) is 32.7 Å². The van der Waals surface area contributed by atoms with E-state index in [1.165, 1.54) is 12.8 Å². The Morgan fingerprint density at radius 2 is 2.12 bits per heavy atom. The van der Waals surface area contributed by atoms with Gasteiger partial charge in [-0.15, -0.1) is 0 Å². The van der Waals surface area contributed by atoms with Crippen LogP contribution < -0.4 is 4.90 Å². The number of nitrogens with zero attached hydrogens (tertiary/aromatic N) is 2. The smallest absolute Gasteiger partial charge is 0.103 e. The fraction of sp³-hybridized carbons (Fsp3) is 0.500. The van der Waals surface area contributed by atoms with Crippen LogP contribution in [0.4, 0.5) is 5.69 Å². The van der Waals surface area contributed by atoms with Crippen molar-refractivity contribution in [1.82, 2.24) is 0 Å². The molecule has 1 heterocycles. The molecule has 0 N–H and O–H groups in total. The van der Waals surface area contributed by atoms with Crippen LogP contribution in [0.1, 0.15) is 32.3 Å². The Bertz CT molecular complexity index is 450. The van der Waals surface area contributed by atoms with Crippen molar-refractivity contribution in [2.75, 3.05) is 11.4 Å². The van der Waals surface area contributed by atoms with E-state index in [1.54, 1.807) is 0 Å². The van der Waals surface area contributed by atoms with Gasteiger partial charge in [-0.25, -0.2) is 0 Å². The summed E-state index contributed by atoms with van der Waals surface area (Å²) in [6, 6.07) is 8.82. The predicted molar refractivity (Wildman–Crippen MR) is 74.1 cm³/mol.